The molecule has 0 N–H and O–H groups in total. The highest BCUT2D eigenvalue weighted by molar-refractivity contribution is 7.07. The Kier molecular flexibility index (Phi) is 7.43. The van der Waals surface area contributed by atoms with Crippen molar-refractivity contribution in [2.75, 3.05) is 7.11 Å². The Labute approximate surface area is 262 Å². The van der Waals surface area contributed by atoms with Crippen molar-refractivity contribution in [1.82, 2.24) is 4.57 Å². The van der Waals surface area contributed by atoms with Gasteiger partial charge in [-0.15, -0.1) is 0 Å². The molecule has 0 saturated heterocycles. The summed E-state index contributed by atoms with van der Waals surface area (Å²) in [6, 6.07) is 29.3. The van der Waals surface area contributed by atoms with E-state index in [0.29, 0.717) is 31.7 Å². The summed E-state index contributed by atoms with van der Waals surface area (Å²) in [5.74, 6) is 1.47. The van der Waals surface area contributed by atoms with Crippen LogP contribution in [0.3, 0.4) is 0 Å². The fourth-order valence-electron chi connectivity index (χ4n) is 5.75. The van der Waals surface area contributed by atoms with Crippen molar-refractivity contribution in [3.63, 3.8) is 0 Å². The number of aryl methyl sites for hydroxylation is 1. The third kappa shape index (κ3) is 5.31. The van der Waals surface area contributed by atoms with E-state index < -0.39 is 0 Å². The number of ether oxygens (including phenoxy) is 2. The van der Waals surface area contributed by atoms with Crippen molar-refractivity contribution in [2.45, 2.75) is 25.5 Å². The Bertz CT molecular complexity index is 2080. The van der Waals surface area contributed by atoms with Crippen LogP contribution in [-0.4, -0.2) is 11.7 Å². The van der Waals surface area contributed by atoms with E-state index in [4.69, 9.17) is 37.7 Å². The number of hydrogen-bond donors (Lipinski definition) is 0. The monoisotopic (exact) mass is 624 g/mol. The number of methoxy groups -OCH3 is 1. The highest BCUT2D eigenvalue weighted by Crippen LogP contribution is 2.41. The first-order valence-electron chi connectivity index (χ1n) is 13.9. The Morgan fingerprint density at radius 3 is 2.58 bits per heavy atom. The van der Waals surface area contributed by atoms with Gasteiger partial charge in [-0.3, -0.25) is 9.36 Å². The van der Waals surface area contributed by atoms with Crippen molar-refractivity contribution in [2.24, 2.45) is 4.99 Å². The van der Waals surface area contributed by atoms with E-state index in [1.54, 1.807) is 19.2 Å². The molecule has 1 aromatic heterocycles. The lowest BCUT2D eigenvalue weighted by Gasteiger charge is -2.30. The van der Waals surface area contributed by atoms with E-state index in [9.17, 15) is 4.79 Å². The number of aromatic nitrogens is 1. The molecule has 1 atom stereocenters. The molecule has 0 fully saturated rings. The van der Waals surface area contributed by atoms with Gasteiger partial charge in [0.2, 0.25) is 0 Å². The number of fused-ring (bicyclic) bond motifs is 3. The number of rotatable bonds is 6. The van der Waals surface area contributed by atoms with E-state index >= 15 is 0 Å². The Morgan fingerprint density at radius 2 is 1.77 bits per heavy atom. The zero-order valence-corrected chi connectivity index (χ0v) is 25.5. The molecule has 1 aliphatic carbocycles. The van der Waals surface area contributed by atoms with Gasteiger partial charge in [-0.2, -0.15) is 0 Å². The van der Waals surface area contributed by atoms with Crippen molar-refractivity contribution < 1.29 is 9.47 Å². The molecule has 43 heavy (non-hydrogen) atoms. The highest BCUT2D eigenvalue weighted by Gasteiger charge is 2.32. The maximum atomic E-state index is 14.1. The van der Waals surface area contributed by atoms with Gasteiger partial charge in [0.15, 0.2) is 4.80 Å². The van der Waals surface area contributed by atoms with Crippen LogP contribution in [0, 0.1) is 0 Å². The van der Waals surface area contributed by atoms with Crippen molar-refractivity contribution >= 4 is 46.3 Å². The van der Waals surface area contributed by atoms with Gasteiger partial charge in [0, 0.05) is 5.56 Å². The zero-order chi connectivity index (χ0) is 29.5. The van der Waals surface area contributed by atoms with Crippen molar-refractivity contribution in [3.05, 3.63) is 154 Å². The van der Waals surface area contributed by atoms with Crippen LogP contribution in [0.5, 0.6) is 11.5 Å². The van der Waals surface area contributed by atoms with Crippen LogP contribution < -0.4 is 24.4 Å². The molecule has 0 unspecified atom stereocenters. The number of halogens is 2. The first kappa shape index (κ1) is 27.7. The van der Waals surface area contributed by atoms with Crippen LogP contribution in [0.4, 0.5) is 0 Å². The molecule has 1 aliphatic heterocycles. The molecule has 0 amide bonds. The van der Waals surface area contributed by atoms with Crippen LogP contribution >= 0.6 is 34.5 Å². The number of thiazole rings is 1. The third-order valence-corrected chi connectivity index (χ3v) is 9.57. The lowest BCUT2D eigenvalue weighted by atomic mass is 9.83. The minimum atomic E-state index is -0.242. The second-order valence-electron chi connectivity index (χ2n) is 10.5. The van der Waals surface area contributed by atoms with Crippen molar-refractivity contribution in [3.8, 4) is 11.5 Å². The summed E-state index contributed by atoms with van der Waals surface area (Å²) < 4.78 is 13.9. The number of hydrogen-bond acceptors (Lipinski definition) is 5. The highest BCUT2D eigenvalue weighted by atomic mass is 35.5. The van der Waals surface area contributed by atoms with E-state index in [2.05, 4.69) is 24.3 Å². The van der Waals surface area contributed by atoms with E-state index in [0.717, 1.165) is 46.5 Å². The molecule has 0 spiro atoms. The Morgan fingerprint density at radius 1 is 0.930 bits per heavy atom. The van der Waals surface area contributed by atoms with Gasteiger partial charge in [0.1, 0.15) is 18.1 Å². The fourth-order valence-corrected chi connectivity index (χ4v) is 7.07. The maximum Gasteiger partial charge on any atom is 0.271 e. The Balaban J connectivity index is 1.29. The van der Waals surface area contributed by atoms with Crippen LogP contribution in [0.25, 0.3) is 11.8 Å². The van der Waals surface area contributed by atoms with Gasteiger partial charge in [-0.1, -0.05) is 89.1 Å². The number of benzene rings is 4. The molecular formula is C35H26Cl2N2O3S. The van der Waals surface area contributed by atoms with Crippen molar-refractivity contribution in [1.29, 1.82) is 0 Å². The predicted molar refractivity (Wildman–Crippen MR) is 173 cm³/mol. The first-order valence-corrected chi connectivity index (χ1v) is 15.5. The number of allylic oxidation sites excluding steroid dienone is 1. The molecule has 0 bridgehead atoms. The fraction of sp³-hybridized carbons (Fsp3) is 0.143. The molecule has 214 valence electrons. The molecule has 5 nitrogen and oxygen atoms in total. The lowest BCUT2D eigenvalue weighted by Crippen LogP contribution is -2.38. The largest absolute Gasteiger partial charge is 0.497 e. The minimum Gasteiger partial charge on any atom is -0.497 e. The van der Waals surface area contributed by atoms with Crippen LogP contribution in [0.1, 0.15) is 40.3 Å². The minimum absolute atomic E-state index is 0.0582. The maximum absolute atomic E-state index is 14.1. The van der Waals surface area contributed by atoms with E-state index in [-0.39, 0.29) is 11.6 Å². The lowest BCUT2D eigenvalue weighted by molar-refractivity contribution is 0.306. The summed E-state index contributed by atoms with van der Waals surface area (Å²) in [6.07, 6.45) is 3.67. The van der Waals surface area contributed by atoms with Gasteiger partial charge < -0.3 is 9.47 Å². The van der Waals surface area contributed by atoms with E-state index in [1.807, 2.05) is 65.2 Å². The van der Waals surface area contributed by atoms with Gasteiger partial charge in [0.05, 0.1) is 33.4 Å². The van der Waals surface area contributed by atoms with E-state index in [1.165, 1.54) is 22.5 Å². The molecule has 2 heterocycles. The standard InChI is InChI=1S/C35H26Cl2N2O3S/c1-41-25-13-10-24(11-14-25)33-28-15-12-23-6-2-3-8-27(23)32(28)38-35-39(33)34(40)31(43-35)19-21-5-4-7-26(17-21)42-20-22-9-16-29(36)30(37)18-22/h2-11,13-14,16-19,33H,12,15,20H2,1H3/b31-19-/t33-/m0/s1. The zero-order valence-electron chi connectivity index (χ0n) is 23.2. The average molecular weight is 626 g/mol. The first-order chi connectivity index (χ1) is 21.0. The normalized spacial score (nSPS) is 15.8. The van der Waals surface area contributed by atoms with Gasteiger partial charge >= 0.3 is 0 Å². The van der Waals surface area contributed by atoms with Gasteiger partial charge in [0.25, 0.3) is 5.56 Å². The summed E-state index contributed by atoms with van der Waals surface area (Å²) in [5, 5.41) is 0.998. The molecule has 5 aromatic rings. The molecule has 0 radical (unpaired) electrons. The molecule has 0 saturated carbocycles. The quantitative estimate of drug-likeness (QED) is 0.200. The summed E-state index contributed by atoms with van der Waals surface area (Å²) in [6.45, 7) is 0.345. The van der Waals surface area contributed by atoms with Crippen LogP contribution in [-0.2, 0) is 13.0 Å². The summed E-state index contributed by atoms with van der Waals surface area (Å²) in [7, 11) is 1.66. The molecule has 7 rings (SSSR count). The average Bonchev–Trinajstić information content (AvgIpc) is 3.34. The second kappa shape index (κ2) is 11.5. The van der Waals surface area contributed by atoms with Crippen LogP contribution in [0.2, 0.25) is 10.0 Å². The summed E-state index contributed by atoms with van der Waals surface area (Å²) in [5.41, 5.74) is 7.34. The molecular weight excluding hydrogens is 599 g/mol. The molecule has 4 aromatic carbocycles. The summed E-state index contributed by atoms with van der Waals surface area (Å²) >= 11 is 13.6. The van der Waals surface area contributed by atoms with Crippen LogP contribution in [0.15, 0.2) is 106 Å². The molecule has 8 heteroatoms. The number of nitrogens with zero attached hydrogens (tertiary/aromatic N) is 2. The Hall–Kier alpha value is -4.10. The topological polar surface area (TPSA) is 52.8 Å². The summed E-state index contributed by atoms with van der Waals surface area (Å²) in [4.78, 5) is 19.9. The predicted octanol–water partition coefficient (Wildman–Crippen LogP) is 7.21. The SMILES string of the molecule is COc1ccc([C@H]2C3=C(N=c4s/c(=C\c5cccc(OCc6ccc(Cl)c(Cl)c6)c5)c(=O)n42)c2ccccc2CC3)cc1. The third-order valence-electron chi connectivity index (χ3n) is 7.85. The van der Waals surface area contributed by atoms with Gasteiger partial charge in [-0.25, -0.2) is 4.99 Å². The van der Waals surface area contributed by atoms with Gasteiger partial charge in [-0.05, 0) is 83.1 Å². The smallest absolute Gasteiger partial charge is 0.271 e. The second-order valence-corrected chi connectivity index (χ2v) is 12.3. The molecule has 2 aliphatic rings.